The fourth-order valence-corrected chi connectivity index (χ4v) is 1.49. The van der Waals surface area contributed by atoms with Gasteiger partial charge in [0.25, 0.3) is 0 Å². The van der Waals surface area contributed by atoms with E-state index in [1.54, 1.807) is 14.0 Å². The van der Waals surface area contributed by atoms with Crippen molar-refractivity contribution in [3.8, 4) is 5.75 Å². The van der Waals surface area contributed by atoms with Crippen LogP contribution < -0.4 is 10.1 Å². The van der Waals surface area contributed by atoms with Crippen molar-refractivity contribution >= 4 is 6.08 Å². The average Bonchev–Trinajstić information content (AvgIpc) is 2.33. The topological polar surface area (TPSA) is 41.5 Å². The van der Waals surface area contributed by atoms with Gasteiger partial charge < -0.3 is 15.2 Å². The van der Waals surface area contributed by atoms with Crippen LogP contribution in [0.4, 0.5) is 0 Å². The van der Waals surface area contributed by atoms with E-state index in [0.717, 1.165) is 30.8 Å². The van der Waals surface area contributed by atoms with Crippen molar-refractivity contribution in [3.63, 3.8) is 0 Å². The fraction of sp³-hybridized carbons (Fsp3) is 0.429. The van der Waals surface area contributed by atoms with Crippen LogP contribution in [-0.2, 0) is 0 Å². The molecule has 1 rings (SSSR count). The summed E-state index contributed by atoms with van der Waals surface area (Å²) in [6.07, 6.45) is 4.64. The first kappa shape index (κ1) is 13.7. The Morgan fingerprint density at radius 2 is 2.18 bits per heavy atom. The van der Waals surface area contributed by atoms with Gasteiger partial charge in [0.1, 0.15) is 5.75 Å². The standard InChI is InChI=1S/C14H21NO2/c1-12(16)9-11-15-10-5-7-13-6-3-4-8-14(13)17-2/h3-8,12,15-16H,9-11H2,1-2H3/b7-5+. The number of para-hydroxylation sites is 1. The van der Waals surface area contributed by atoms with Gasteiger partial charge in [-0.2, -0.15) is 0 Å². The van der Waals surface area contributed by atoms with E-state index in [2.05, 4.69) is 11.4 Å². The van der Waals surface area contributed by atoms with E-state index in [0.29, 0.717) is 0 Å². The Morgan fingerprint density at radius 3 is 2.88 bits per heavy atom. The Kier molecular flexibility index (Phi) is 6.37. The molecule has 3 nitrogen and oxygen atoms in total. The first-order valence-corrected chi connectivity index (χ1v) is 5.92. The van der Waals surface area contributed by atoms with Crippen LogP contribution in [0.25, 0.3) is 6.08 Å². The summed E-state index contributed by atoms with van der Waals surface area (Å²) in [6.45, 7) is 3.42. The second kappa shape index (κ2) is 7.87. The van der Waals surface area contributed by atoms with Gasteiger partial charge in [0.15, 0.2) is 0 Å². The molecule has 0 spiro atoms. The van der Waals surface area contributed by atoms with Crippen LogP contribution in [0.3, 0.4) is 0 Å². The van der Waals surface area contributed by atoms with Crippen LogP contribution in [0.5, 0.6) is 5.75 Å². The molecule has 1 atom stereocenters. The zero-order valence-electron chi connectivity index (χ0n) is 10.5. The number of hydrogen-bond donors (Lipinski definition) is 2. The highest BCUT2D eigenvalue weighted by molar-refractivity contribution is 5.57. The van der Waals surface area contributed by atoms with Gasteiger partial charge in [-0.3, -0.25) is 0 Å². The lowest BCUT2D eigenvalue weighted by Gasteiger charge is -2.05. The molecule has 1 aromatic carbocycles. The molecule has 2 N–H and O–H groups in total. The van der Waals surface area contributed by atoms with Gasteiger partial charge in [-0.25, -0.2) is 0 Å². The van der Waals surface area contributed by atoms with Gasteiger partial charge in [0, 0.05) is 12.1 Å². The highest BCUT2D eigenvalue weighted by atomic mass is 16.5. The molecule has 0 bridgehead atoms. The molecule has 0 aromatic heterocycles. The van der Waals surface area contributed by atoms with Crippen LogP contribution in [0.2, 0.25) is 0 Å². The first-order chi connectivity index (χ1) is 8.24. The van der Waals surface area contributed by atoms with Crippen molar-refractivity contribution < 1.29 is 9.84 Å². The molecule has 0 amide bonds. The summed E-state index contributed by atoms with van der Waals surface area (Å²) < 4.78 is 5.25. The Balaban J connectivity index is 2.33. The van der Waals surface area contributed by atoms with E-state index in [-0.39, 0.29) is 6.10 Å². The maximum atomic E-state index is 9.08. The molecular weight excluding hydrogens is 214 g/mol. The third-order valence-electron chi connectivity index (χ3n) is 2.44. The monoisotopic (exact) mass is 235 g/mol. The predicted molar refractivity (Wildman–Crippen MR) is 71.2 cm³/mol. The fourth-order valence-electron chi connectivity index (χ4n) is 1.49. The summed E-state index contributed by atoms with van der Waals surface area (Å²) in [7, 11) is 1.67. The van der Waals surface area contributed by atoms with Crippen LogP contribution in [0, 0.1) is 0 Å². The molecule has 1 aromatic rings. The van der Waals surface area contributed by atoms with Crippen molar-refractivity contribution in [1.82, 2.24) is 5.32 Å². The lowest BCUT2D eigenvalue weighted by atomic mass is 10.2. The SMILES string of the molecule is COc1ccccc1/C=C/CNCCC(C)O. The zero-order valence-corrected chi connectivity index (χ0v) is 10.5. The third kappa shape index (κ3) is 5.52. The van der Waals surface area contributed by atoms with Crippen molar-refractivity contribution in [2.24, 2.45) is 0 Å². The van der Waals surface area contributed by atoms with Crippen LogP contribution >= 0.6 is 0 Å². The van der Waals surface area contributed by atoms with Crippen molar-refractivity contribution in [1.29, 1.82) is 0 Å². The number of hydrogen-bond acceptors (Lipinski definition) is 3. The summed E-state index contributed by atoms with van der Waals surface area (Å²) in [5.74, 6) is 0.882. The molecule has 0 saturated carbocycles. The van der Waals surface area contributed by atoms with Gasteiger partial charge in [-0.1, -0.05) is 30.4 Å². The van der Waals surface area contributed by atoms with E-state index in [4.69, 9.17) is 9.84 Å². The normalized spacial score (nSPS) is 12.9. The van der Waals surface area contributed by atoms with Gasteiger partial charge in [0.05, 0.1) is 13.2 Å². The average molecular weight is 235 g/mol. The molecule has 17 heavy (non-hydrogen) atoms. The lowest BCUT2D eigenvalue weighted by Crippen LogP contribution is -2.18. The van der Waals surface area contributed by atoms with Crippen molar-refractivity contribution in [2.45, 2.75) is 19.4 Å². The lowest BCUT2D eigenvalue weighted by molar-refractivity contribution is 0.184. The summed E-state index contributed by atoms with van der Waals surface area (Å²) in [5, 5.41) is 12.3. The molecule has 0 fully saturated rings. The number of aliphatic hydroxyl groups excluding tert-OH is 1. The van der Waals surface area contributed by atoms with Crippen LogP contribution in [-0.4, -0.2) is 31.4 Å². The predicted octanol–water partition coefficient (Wildman–Crippen LogP) is 2.07. The van der Waals surface area contributed by atoms with Crippen molar-refractivity contribution in [3.05, 3.63) is 35.9 Å². The summed E-state index contributed by atoms with van der Waals surface area (Å²) in [5.41, 5.74) is 1.08. The van der Waals surface area contributed by atoms with Gasteiger partial charge >= 0.3 is 0 Å². The van der Waals surface area contributed by atoms with E-state index in [9.17, 15) is 0 Å². The molecule has 0 aliphatic heterocycles. The van der Waals surface area contributed by atoms with Gasteiger partial charge in [-0.05, 0) is 26.0 Å². The highest BCUT2D eigenvalue weighted by Gasteiger charge is 1.96. The Morgan fingerprint density at radius 1 is 1.41 bits per heavy atom. The molecule has 3 heteroatoms. The number of aliphatic hydroxyl groups is 1. The third-order valence-corrected chi connectivity index (χ3v) is 2.44. The number of ether oxygens (including phenoxy) is 1. The minimum atomic E-state index is -0.235. The van der Waals surface area contributed by atoms with Gasteiger partial charge in [0.2, 0.25) is 0 Å². The summed E-state index contributed by atoms with van der Waals surface area (Å²) >= 11 is 0. The molecule has 0 radical (unpaired) electrons. The van der Waals surface area contributed by atoms with E-state index < -0.39 is 0 Å². The Bertz CT molecular complexity index is 348. The first-order valence-electron chi connectivity index (χ1n) is 5.92. The maximum absolute atomic E-state index is 9.08. The van der Waals surface area contributed by atoms with E-state index in [1.165, 1.54) is 0 Å². The molecule has 0 aliphatic carbocycles. The molecular formula is C14H21NO2. The largest absolute Gasteiger partial charge is 0.496 e. The van der Waals surface area contributed by atoms with Gasteiger partial charge in [-0.15, -0.1) is 0 Å². The Hall–Kier alpha value is -1.32. The number of rotatable bonds is 7. The quantitative estimate of drug-likeness (QED) is 0.711. The smallest absolute Gasteiger partial charge is 0.126 e. The Labute approximate surface area is 103 Å². The van der Waals surface area contributed by atoms with Crippen LogP contribution in [0.15, 0.2) is 30.3 Å². The minimum Gasteiger partial charge on any atom is -0.496 e. The number of benzene rings is 1. The second-order valence-corrected chi connectivity index (χ2v) is 3.99. The second-order valence-electron chi connectivity index (χ2n) is 3.99. The summed E-state index contributed by atoms with van der Waals surface area (Å²) in [4.78, 5) is 0. The number of nitrogens with one attached hydrogen (secondary N) is 1. The molecule has 0 heterocycles. The molecule has 0 aliphatic rings. The highest BCUT2D eigenvalue weighted by Crippen LogP contribution is 2.18. The molecule has 94 valence electrons. The summed E-state index contributed by atoms with van der Waals surface area (Å²) in [6, 6.07) is 7.91. The molecule has 0 saturated heterocycles. The number of methoxy groups -OCH3 is 1. The minimum absolute atomic E-state index is 0.235. The zero-order chi connectivity index (χ0) is 12.5. The van der Waals surface area contributed by atoms with E-state index >= 15 is 0 Å². The van der Waals surface area contributed by atoms with Crippen molar-refractivity contribution in [2.75, 3.05) is 20.2 Å². The molecule has 1 unspecified atom stereocenters. The van der Waals surface area contributed by atoms with Crippen LogP contribution in [0.1, 0.15) is 18.9 Å². The maximum Gasteiger partial charge on any atom is 0.126 e. The van der Waals surface area contributed by atoms with E-state index in [1.807, 2.05) is 30.3 Å².